The Morgan fingerprint density at radius 1 is 1.09 bits per heavy atom. The molecule has 2 aromatic carbocycles. The molecule has 3 fully saturated rings. The van der Waals surface area contributed by atoms with Gasteiger partial charge in [-0.05, 0) is 43.9 Å². The summed E-state index contributed by atoms with van der Waals surface area (Å²) in [5, 5.41) is 0. The topological polar surface area (TPSA) is 66.8 Å². The van der Waals surface area contributed by atoms with Crippen LogP contribution in [0.1, 0.15) is 57.6 Å². The maximum atomic E-state index is 14.1. The first kappa shape index (κ1) is 24.0. The van der Waals surface area contributed by atoms with E-state index in [4.69, 9.17) is 4.99 Å². The fraction of sp³-hybridized carbons (Fsp3) is 0.448. The molecule has 1 spiro atoms. The number of carbonyl (C=O) groups excluding carboxylic acids is 1. The molecule has 6 heteroatoms. The normalized spacial score (nSPS) is 28.4. The summed E-state index contributed by atoms with van der Waals surface area (Å²) in [5.74, 6) is 0.0985. The van der Waals surface area contributed by atoms with Crippen molar-refractivity contribution in [1.29, 1.82) is 0 Å². The molecule has 2 bridgehead atoms. The van der Waals surface area contributed by atoms with Gasteiger partial charge in [0.05, 0.1) is 17.5 Å². The summed E-state index contributed by atoms with van der Waals surface area (Å²) in [6, 6.07) is 18.4. The lowest BCUT2D eigenvalue weighted by atomic mass is 9.69. The summed E-state index contributed by atoms with van der Waals surface area (Å²) in [6.07, 6.45) is 2.97. The molecule has 1 heterocycles. The van der Waals surface area contributed by atoms with E-state index in [0.29, 0.717) is 18.1 Å². The Labute approximate surface area is 209 Å². The molecule has 0 N–H and O–H groups in total. The van der Waals surface area contributed by atoms with Crippen LogP contribution in [0.2, 0.25) is 0 Å². The van der Waals surface area contributed by atoms with E-state index >= 15 is 0 Å². The van der Waals surface area contributed by atoms with E-state index in [1.807, 2.05) is 67.6 Å². The molecule has 5 rings (SSSR count). The lowest BCUT2D eigenvalue weighted by Gasteiger charge is -2.37. The van der Waals surface area contributed by atoms with Gasteiger partial charge in [0.25, 0.3) is 5.91 Å². The van der Waals surface area contributed by atoms with Crippen LogP contribution in [0.5, 0.6) is 0 Å². The second-order valence-corrected chi connectivity index (χ2v) is 13.0. The molecular formula is C29H34N2O3S. The van der Waals surface area contributed by atoms with E-state index in [1.54, 1.807) is 0 Å². The van der Waals surface area contributed by atoms with Crippen molar-refractivity contribution in [3.8, 4) is 0 Å². The number of carbonyl (C=O) groups is 1. The van der Waals surface area contributed by atoms with Crippen molar-refractivity contribution in [1.82, 2.24) is 4.31 Å². The first-order valence-electron chi connectivity index (χ1n) is 12.5. The number of hydrogen-bond acceptors (Lipinski definition) is 4. The lowest BCUT2D eigenvalue weighted by Crippen LogP contribution is -2.47. The Kier molecular flexibility index (Phi) is 5.78. The zero-order valence-corrected chi connectivity index (χ0v) is 21.6. The molecule has 2 aromatic rings. The number of benzene rings is 2. The van der Waals surface area contributed by atoms with Crippen molar-refractivity contribution in [3.05, 3.63) is 83.9 Å². The largest absolute Gasteiger partial charge is 0.271 e. The van der Waals surface area contributed by atoms with Crippen molar-refractivity contribution in [2.45, 2.75) is 58.5 Å². The standard InChI is InChI=1S/C29H34N2O3S/c1-20(2)17-24(30-26(21-11-7-5-8-12-21)22-13-9-6-10-14-22)27(32)31-25-18-23-15-16-29(25,28(23,3)4)19-35(31,33)34/h5-14,23-25H,1,15-19H2,2-4H3/t23-,24+,25+,29-/m1/s1. The van der Waals surface area contributed by atoms with Crippen LogP contribution in [0, 0.1) is 16.7 Å². The quantitative estimate of drug-likeness (QED) is 0.412. The monoisotopic (exact) mass is 490 g/mol. The molecule has 0 radical (unpaired) electrons. The number of rotatable bonds is 6. The van der Waals surface area contributed by atoms with Crippen molar-refractivity contribution in [2.75, 3.05) is 5.75 Å². The molecular weight excluding hydrogens is 456 g/mol. The van der Waals surface area contributed by atoms with Crippen LogP contribution in [0.25, 0.3) is 0 Å². The molecule has 4 atom stereocenters. The van der Waals surface area contributed by atoms with Gasteiger partial charge in [-0.15, -0.1) is 6.58 Å². The summed E-state index contributed by atoms with van der Waals surface area (Å²) < 4.78 is 28.3. The third-order valence-electron chi connectivity index (χ3n) is 8.83. The third-order valence-corrected chi connectivity index (χ3v) is 10.7. The number of fused-ring (bicyclic) bond motifs is 1. The molecule has 2 saturated carbocycles. The number of hydrogen-bond donors (Lipinski definition) is 0. The van der Waals surface area contributed by atoms with Gasteiger partial charge in [0, 0.05) is 16.5 Å². The van der Waals surface area contributed by atoms with Gasteiger partial charge in [-0.1, -0.05) is 80.1 Å². The predicted octanol–water partition coefficient (Wildman–Crippen LogP) is 5.23. The van der Waals surface area contributed by atoms with Crippen molar-refractivity contribution in [3.63, 3.8) is 0 Å². The van der Waals surface area contributed by atoms with Crippen LogP contribution in [-0.2, 0) is 14.8 Å². The molecule has 35 heavy (non-hydrogen) atoms. The van der Waals surface area contributed by atoms with E-state index in [2.05, 4.69) is 20.4 Å². The molecule has 0 unspecified atom stereocenters. The fourth-order valence-electron chi connectivity index (χ4n) is 6.91. The van der Waals surface area contributed by atoms with Gasteiger partial charge in [0.1, 0.15) is 6.04 Å². The van der Waals surface area contributed by atoms with Crippen molar-refractivity contribution in [2.24, 2.45) is 21.7 Å². The summed E-state index contributed by atoms with van der Waals surface area (Å²) in [6.45, 7) is 10.3. The SMILES string of the molecule is C=C(C)C[C@H](N=C(c1ccccc1)c1ccccc1)C(=O)N1[C@H]2C[C@H]3CC[C@]2(CS1(=O)=O)C3(C)C. The maximum absolute atomic E-state index is 14.1. The van der Waals surface area contributed by atoms with E-state index in [9.17, 15) is 13.2 Å². The van der Waals surface area contributed by atoms with Crippen LogP contribution in [0.3, 0.4) is 0 Å². The second kappa shape index (κ2) is 8.44. The molecule has 1 amide bonds. The Hall–Kier alpha value is -2.73. The molecule has 3 aliphatic rings. The zero-order chi connectivity index (χ0) is 25.0. The average molecular weight is 491 g/mol. The minimum Gasteiger partial charge on any atom is -0.271 e. The predicted molar refractivity (Wildman–Crippen MR) is 140 cm³/mol. The molecule has 2 aliphatic carbocycles. The van der Waals surface area contributed by atoms with Crippen LogP contribution in [0.4, 0.5) is 0 Å². The molecule has 1 aliphatic heterocycles. The minimum absolute atomic E-state index is 0.0631. The van der Waals surface area contributed by atoms with Crippen LogP contribution < -0.4 is 0 Å². The molecule has 0 aromatic heterocycles. The Morgan fingerprint density at radius 3 is 2.17 bits per heavy atom. The summed E-state index contributed by atoms with van der Waals surface area (Å²) >= 11 is 0. The Balaban J connectivity index is 1.59. The first-order valence-corrected chi connectivity index (χ1v) is 14.1. The van der Waals surface area contributed by atoms with Gasteiger partial charge in [-0.2, -0.15) is 0 Å². The molecule has 184 valence electrons. The zero-order valence-electron chi connectivity index (χ0n) is 20.8. The molecule has 5 nitrogen and oxygen atoms in total. The number of sulfonamides is 1. The van der Waals surface area contributed by atoms with Gasteiger partial charge in [-0.25, -0.2) is 12.7 Å². The van der Waals surface area contributed by atoms with Crippen LogP contribution in [0.15, 0.2) is 77.8 Å². The van der Waals surface area contributed by atoms with Crippen molar-refractivity contribution >= 4 is 21.6 Å². The third kappa shape index (κ3) is 3.77. The number of amides is 1. The van der Waals surface area contributed by atoms with E-state index in [1.165, 1.54) is 4.31 Å². The Morgan fingerprint density at radius 2 is 1.66 bits per heavy atom. The highest BCUT2D eigenvalue weighted by Gasteiger charge is 2.72. The summed E-state index contributed by atoms with van der Waals surface area (Å²) in [7, 11) is -3.72. The highest BCUT2D eigenvalue weighted by molar-refractivity contribution is 7.90. The van der Waals surface area contributed by atoms with E-state index in [-0.39, 0.29) is 22.6 Å². The number of nitrogens with zero attached hydrogens (tertiary/aromatic N) is 2. The Bertz CT molecular complexity index is 1240. The second-order valence-electron chi connectivity index (χ2n) is 11.1. The maximum Gasteiger partial charge on any atom is 0.261 e. The smallest absolute Gasteiger partial charge is 0.261 e. The fourth-order valence-corrected chi connectivity index (χ4v) is 9.48. The van der Waals surface area contributed by atoms with E-state index < -0.39 is 22.0 Å². The first-order chi connectivity index (χ1) is 16.6. The van der Waals surface area contributed by atoms with Gasteiger partial charge in [-0.3, -0.25) is 9.79 Å². The van der Waals surface area contributed by atoms with Crippen LogP contribution in [-0.4, -0.2) is 42.2 Å². The summed E-state index contributed by atoms with van der Waals surface area (Å²) in [4.78, 5) is 19.1. The van der Waals surface area contributed by atoms with Gasteiger partial charge >= 0.3 is 0 Å². The number of aliphatic imine (C=N–C) groups is 1. The minimum atomic E-state index is -3.72. The lowest BCUT2D eigenvalue weighted by molar-refractivity contribution is -0.130. The van der Waals surface area contributed by atoms with Gasteiger partial charge in [0.15, 0.2) is 0 Å². The highest BCUT2D eigenvalue weighted by Crippen LogP contribution is 2.70. The van der Waals surface area contributed by atoms with Crippen molar-refractivity contribution < 1.29 is 13.2 Å². The highest BCUT2D eigenvalue weighted by atomic mass is 32.2. The average Bonchev–Trinajstić information content (AvgIpc) is 3.30. The van der Waals surface area contributed by atoms with E-state index in [0.717, 1.165) is 36.0 Å². The van der Waals surface area contributed by atoms with Gasteiger partial charge < -0.3 is 0 Å². The summed E-state index contributed by atoms with van der Waals surface area (Å²) in [5.41, 5.74) is 2.81. The molecule has 1 saturated heterocycles. The van der Waals surface area contributed by atoms with Crippen LogP contribution >= 0.6 is 0 Å². The van der Waals surface area contributed by atoms with Gasteiger partial charge in [0.2, 0.25) is 10.0 Å².